The summed E-state index contributed by atoms with van der Waals surface area (Å²) in [4.78, 5) is 12.4. The molecule has 1 aliphatic heterocycles. The molecule has 3 heterocycles. The Hall–Kier alpha value is -1.20. The largest absolute Gasteiger partial charge is 0.356 e. The van der Waals surface area contributed by atoms with Gasteiger partial charge in [0.1, 0.15) is 17.0 Å². The van der Waals surface area contributed by atoms with Gasteiger partial charge >= 0.3 is 0 Å². The summed E-state index contributed by atoms with van der Waals surface area (Å²) >= 11 is 1.69. The third-order valence-electron chi connectivity index (χ3n) is 3.98. The van der Waals surface area contributed by atoms with Crippen LogP contribution in [-0.4, -0.2) is 35.1 Å². The van der Waals surface area contributed by atoms with Crippen molar-refractivity contribution in [2.75, 3.05) is 24.5 Å². The van der Waals surface area contributed by atoms with Crippen LogP contribution in [0.3, 0.4) is 0 Å². The topological polar surface area (TPSA) is 41.0 Å². The van der Waals surface area contributed by atoms with Crippen LogP contribution in [0.25, 0.3) is 10.2 Å². The second-order valence-electron chi connectivity index (χ2n) is 6.92. The summed E-state index contributed by atoms with van der Waals surface area (Å²) < 4.78 is 0. The normalized spacial score (nSPS) is 20.1. The summed E-state index contributed by atoms with van der Waals surface area (Å²) in [7, 11) is 0. The van der Waals surface area contributed by atoms with Gasteiger partial charge in [-0.15, -0.1) is 11.3 Å². The summed E-state index contributed by atoms with van der Waals surface area (Å²) in [6.45, 7) is 9.96. The maximum atomic E-state index is 4.55. The number of fused-ring (bicyclic) bond motifs is 1. The number of aromatic nitrogens is 2. The molecule has 114 valence electrons. The molecule has 4 nitrogen and oxygen atoms in total. The Morgan fingerprint density at radius 2 is 2.24 bits per heavy atom. The number of piperidine rings is 1. The van der Waals surface area contributed by atoms with Crippen LogP contribution in [0.1, 0.15) is 33.6 Å². The minimum Gasteiger partial charge on any atom is -0.356 e. The predicted molar refractivity (Wildman–Crippen MR) is 90.1 cm³/mol. The number of rotatable bonds is 3. The molecule has 2 aromatic rings. The van der Waals surface area contributed by atoms with E-state index in [1.165, 1.54) is 18.2 Å². The van der Waals surface area contributed by atoms with E-state index in [-0.39, 0.29) is 5.54 Å². The van der Waals surface area contributed by atoms with Crippen LogP contribution in [-0.2, 0) is 0 Å². The lowest BCUT2D eigenvalue weighted by atomic mass is 9.96. The Kier molecular flexibility index (Phi) is 4.13. The van der Waals surface area contributed by atoms with Gasteiger partial charge in [0, 0.05) is 25.2 Å². The van der Waals surface area contributed by atoms with Gasteiger partial charge in [-0.3, -0.25) is 0 Å². The van der Waals surface area contributed by atoms with Crippen molar-refractivity contribution in [2.24, 2.45) is 5.92 Å². The molecule has 0 amide bonds. The van der Waals surface area contributed by atoms with E-state index in [2.05, 4.69) is 52.4 Å². The first-order valence-corrected chi connectivity index (χ1v) is 8.59. The molecule has 0 aliphatic carbocycles. The molecule has 0 radical (unpaired) electrons. The van der Waals surface area contributed by atoms with Gasteiger partial charge < -0.3 is 10.2 Å². The lowest BCUT2D eigenvalue weighted by molar-refractivity contribution is 0.335. The van der Waals surface area contributed by atoms with Crippen molar-refractivity contribution < 1.29 is 0 Å². The highest BCUT2D eigenvalue weighted by Gasteiger charge is 2.23. The zero-order valence-electron chi connectivity index (χ0n) is 13.1. The third-order valence-corrected chi connectivity index (χ3v) is 4.80. The fraction of sp³-hybridized carbons (Fsp3) is 0.625. The Morgan fingerprint density at radius 3 is 3.05 bits per heavy atom. The average molecular weight is 304 g/mol. The highest BCUT2D eigenvalue weighted by atomic mass is 32.1. The van der Waals surface area contributed by atoms with E-state index in [0.29, 0.717) is 5.92 Å². The summed E-state index contributed by atoms with van der Waals surface area (Å²) in [6, 6.07) is 2.15. The van der Waals surface area contributed by atoms with Gasteiger partial charge in [-0.1, -0.05) is 0 Å². The van der Waals surface area contributed by atoms with E-state index in [4.69, 9.17) is 0 Å². The average Bonchev–Trinajstić information content (AvgIpc) is 2.93. The first kappa shape index (κ1) is 14.7. The van der Waals surface area contributed by atoms with Crippen molar-refractivity contribution >= 4 is 27.4 Å². The van der Waals surface area contributed by atoms with Crippen LogP contribution >= 0.6 is 11.3 Å². The predicted octanol–water partition coefficient (Wildman–Crippen LogP) is 3.30. The maximum Gasteiger partial charge on any atom is 0.140 e. The second kappa shape index (κ2) is 5.89. The van der Waals surface area contributed by atoms with Crippen LogP contribution < -0.4 is 10.2 Å². The van der Waals surface area contributed by atoms with Gasteiger partial charge in [0.15, 0.2) is 0 Å². The van der Waals surface area contributed by atoms with E-state index in [9.17, 15) is 0 Å². The molecule has 0 spiro atoms. The summed E-state index contributed by atoms with van der Waals surface area (Å²) in [5.74, 6) is 1.81. The van der Waals surface area contributed by atoms with E-state index >= 15 is 0 Å². The minimum absolute atomic E-state index is 0.192. The summed E-state index contributed by atoms with van der Waals surface area (Å²) in [5.41, 5.74) is 0.192. The van der Waals surface area contributed by atoms with E-state index in [1.54, 1.807) is 17.7 Å². The zero-order valence-corrected chi connectivity index (χ0v) is 13.9. The van der Waals surface area contributed by atoms with Crippen molar-refractivity contribution in [3.8, 4) is 0 Å². The number of hydrogen-bond donors (Lipinski definition) is 1. The molecule has 1 N–H and O–H groups in total. The molecular formula is C16H24N4S. The fourth-order valence-corrected chi connectivity index (χ4v) is 3.63. The molecule has 0 aromatic carbocycles. The number of anilines is 1. The Bertz CT molecular complexity index is 602. The molecule has 21 heavy (non-hydrogen) atoms. The first-order chi connectivity index (χ1) is 10.0. The fourth-order valence-electron chi connectivity index (χ4n) is 2.90. The molecule has 1 unspecified atom stereocenters. The second-order valence-corrected chi connectivity index (χ2v) is 7.82. The van der Waals surface area contributed by atoms with Crippen LogP contribution in [0.2, 0.25) is 0 Å². The molecule has 1 fully saturated rings. The van der Waals surface area contributed by atoms with E-state index in [1.807, 2.05) is 0 Å². The smallest absolute Gasteiger partial charge is 0.140 e. The lowest BCUT2D eigenvalue weighted by Crippen LogP contribution is -2.44. The lowest BCUT2D eigenvalue weighted by Gasteiger charge is -2.35. The Labute approximate surface area is 130 Å². The molecule has 1 atom stereocenters. The van der Waals surface area contributed by atoms with Gasteiger partial charge in [0.05, 0.1) is 5.39 Å². The van der Waals surface area contributed by atoms with Crippen molar-refractivity contribution in [3.05, 3.63) is 17.8 Å². The molecule has 1 saturated heterocycles. The molecular weight excluding hydrogens is 280 g/mol. The highest BCUT2D eigenvalue weighted by Crippen LogP contribution is 2.29. The molecule has 0 saturated carbocycles. The molecule has 2 aromatic heterocycles. The quantitative estimate of drug-likeness (QED) is 0.944. The van der Waals surface area contributed by atoms with Crippen LogP contribution in [0, 0.1) is 5.92 Å². The zero-order chi connectivity index (χ0) is 14.9. The van der Waals surface area contributed by atoms with Gasteiger partial charge in [0.2, 0.25) is 0 Å². The van der Waals surface area contributed by atoms with Gasteiger partial charge in [-0.2, -0.15) is 0 Å². The van der Waals surface area contributed by atoms with Crippen LogP contribution in [0.5, 0.6) is 0 Å². The first-order valence-electron chi connectivity index (χ1n) is 7.71. The number of nitrogens with zero attached hydrogens (tertiary/aromatic N) is 3. The molecule has 1 aliphatic rings. The molecule has 5 heteroatoms. The summed E-state index contributed by atoms with van der Waals surface area (Å²) in [6.07, 6.45) is 4.24. The standard InChI is InChI=1S/C16H24N4S/c1-16(2,3)19-9-12-5-4-7-20(10-12)14-13-6-8-21-15(13)18-11-17-14/h6,8,11-12,19H,4-5,7,9-10H2,1-3H3. The van der Waals surface area contributed by atoms with E-state index < -0.39 is 0 Å². The number of nitrogens with one attached hydrogen (secondary N) is 1. The molecule has 3 rings (SSSR count). The van der Waals surface area contributed by atoms with Gasteiger partial charge in [-0.05, 0) is 51.0 Å². The highest BCUT2D eigenvalue weighted by molar-refractivity contribution is 7.16. The maximum absolute atomic E-state index is 4.55. The van der Waals surface area contributed by atoms with Crippen LogP contribution in [0.15, 0.2) is 17.8 Å². The van der Waals surface area contributed by atoms with Crippen molar-refractivity contribution in [1.82, 2.24) is 15.3 Å². The molecule has 0 bridgehead atoms. The number of thiophene rings is 1. The van der Waals surface area contributed by atoms with Crippen molar-refractivity contribution in [1.29, 1.82) is 0 Å². The minimum atomic E-state index is 0.192. The monoisotopic (exact) mass is 304 g/mol. The Balaban J connectivity index is 1.72. The third kappa shape index (κ3) is 3.52. The van der Waals surface area contributed by atoms with E-state index in [0.717, 1.165) is 30.3 Å². The van der Waals surface area contributed by atoms with Gasteiger partial charge in [-0.25, -0.2) is 9.97 Å². The Morgan fingerprint density at radius 1 is 1.38 bits per heavy atom. The van der Waals surface area contributed by atoms with Gasteiger partial charge in [0.25, 0.3) is 0 Å². The number of hydrogen-bond acceptors (Lipinski definition) is 5. The van der Waals surface area contributed by atoms with Crippen molar-refractivity contribution in [2.45, 2.75) is 39.2 Å². The van der Waals surface area contributed by atoms with Crippen molar-refractivity contribution in [3.63, 3.8) is 0 Å². The summed E-state index contributed by atoms with van der Waals surface area (Å²) in [5, 5.41) is 6.94. The SMILES string of the molecule is CC(C)(C)NCC1CCCN(c2ncnc3sccc23)C1. The van der Waals surface area contributed by atoms with Crippen LogP contribution in [0.4, 0.5) is 5.82 Å².